The fourth-order valence-electron chi connectivity index (χ4n) is 1.83. The Labute approximate surface area is 130 Å². The first kappa shape index (κ1) is 16.2. The number of ether oxygens (including phenoxy) is 1. The molecule has 0 amide bonds. The van der Waals surface area contributed by atoms with E-state index in [9.17, 15) is 8.42 Å². The second-order valence-corrected chi connectivity index (χ2v) is 6.98. The van der Waals surface area contributed by atoms with Crippen LogP contribution in [0.15, 0.2) is 35.4 Å². The minimum absolute atomic E-state index is 0.281. The molecule has 6 nitrogen and oxygen atoms in total. The molecular weight excluding hydrogens is 302 g/mol. The molecule has 22 heavy (non-hydrogen) atoms. The summed E-state index contributed by atoms with van der Waals surface area (Å²) in [5.41, 5.74) is 1.69. The number of aryl methyl sites for hydroxylation is 2. The van der Waals surface area contributed by atoms with E-state index in [4.69, 9.17) is 4.74 Å². The second kappa shape index (κ2) is 6.74. The number of benzene rings is 1. The SMILES string of the molecule is Cc1cnc(C)c(NCCOc2ccc(S(C)(=O)=O)cc2)n1. The Morgan fingerprint density at radius 1 is 1.18 bits per heavy atom. The van der Waals surface area contributed by atoms with Crippen LogP contribution >= 0.6 is 0 Å². The largest absolute Gasteiger partial charge is 0.492 e. The maximum Gasteiger partial charge on any atom is 0.175 e. The van der Waals surface area contributed by atoms with Crippen LogP contribution in [-0.2, 0) is 9.84 Å². The van der Waals surface area contributed by atoms with Crippen molar-refractivity contribution < 1.29 is 13.2 Å². The smallest absolute Gasteiger partial charge is 0.175 e. The van der Waals surface area contributed by atoms with Crippen molar-refractivity contribution >= 4 is 15.7 Å². The van der Waals surface area contributed by atoms with E-state index in [0.29, 0.717) is 18.9 Å². The Bertz CT molecular complexity index is 743. The van der Waals surface area contributed by atoms with Crippen molar-refractivity contribution in [2.24, 2.45) is 0 Å². The first-order valence-electron chi connectivity index (χ1n) is 6.83. The van der Waals surface area contributed by atoms with E-state index in [1.807, 2.05) is 13.8 Å². The molecule has 0 saturated heterocycles. The lowest BCUT2D eigenvalue weighted by molar-refractivity contribution is 0.332. The molecule has 0 spiro atoms. The van der Waals surface area contributed by atoms with Crippen LogP contribution in [0.3, 0.4) is 0 Å². The molecule has 2 rings (SSSR count). The van der Waals surface area contributed by atoms with Gasteiger partial charge in [0.2, 0.25) is 0 Å². The van der Waals surface area contributed by atoms with Crippen LogP contribution in [0.2, 0.25) is 0 Å². The molecule has 0 saturated carbocycles. The van der Waals surface area contributed by atoms with Crippen LogP contribution < -0.4 is 10.1 Å². The Hall–Kier alpha value is -2.15. The number of aromatic nitrogens is 2. The molecule has 1 aromatic heterocycles. The maximum atomic E-state index is 11.4. The minimum Gasteiger partial charge on any atom is -0.492 e. The van der Waals surface area contributed by atoms with Gasteiger partial charge in [0.05, 0.1) is 22.8 Å². The maximum absolute atomic E-state index is 11.4. The lowest BCUT2D eigenvalue weighted by Gasteiger charge is -2.10. The molecule has 7 heteroatoms. The molecule has 0 atom stereocenters. The van der Waals surface area contributed by atoms with E-state index in [1.54, 1.807) is 18.3 Å². The topological polar surface area (TPSA) is 81.2 Å². The molecule has 0 radical (unpaired) electrons. The molecule has 1 aromatic carbocycles. The van der Waals surface area contributed by atoms with E-state index in [1.165, 1.54) is 18.4 Å². The fraction of sp³-hybridized carbons (Fsp3) is 0.333. The Kier molecular flexibility index (Phi) is 4.97. The average Bonchev–Trinajstić information content (AvgIpc) is 2.46. The summed E-state index contributed by atoms with van der Waals surface area (Å²) in [4.78, 5) is 8.87. The lowest BCUT2D eigenvalue weighted by Crippen LogP contribution is -2.14. The van der Waals surface area contributed by atoms with Crippen LogP contribution in [0.25, 0.3) is 0 Å². The van der Waals surface area contributed by atoms with Crippen molar-refractivity contribution in [3.05, 3.63) is 41.9 Å². The summed E-state index contributed by atoms with van der Waals surface area (Å²) in [6, 6.07) is 6.37. The minimum atomic E-state index is -3.17. The molecule has 0 bridgehead atoms. The van der Waals surface area contributed by atoms with Crippen molar-refractivity contribution in [2.75, 3.05) is 24.7 Å². The lowest BCUT2D eigenvalue weighted by atomic mass is 10.3. The van der Waals surface area contributed by atoms with Gasteiger partial charge in [-0.25, -0.2) is 13.4 Å². The van der Waals surface area contributed by atoms with Gasteiger partial charge in [0.25, 0.3) is 0 Å². The quantitative estimate of drug-likeness (QED) is 0.820. The van der Waals surface area contributed by atoms with Crippen molar-refractivity contribution in [3.63, 3.8) is 0 Å². The third kappa shape index (κ3) is 4.42. The third-order valence-corrected chi connectivity index (χ3v) is 4.12. The summed E-state index contributed by atoms with van der Waals surface area (Å²) in [6.45, 7) is 4.79. The van der Waals surface area contributed by atoms with Gasteiger partial charge in [0.1, 0.15) is 18.2 Å². The standard InChI is InChI=1S/C15H19N3O3S/c1-11-10-17-12(2)15(18-11)16-8-9-21-13-4-6-14(7-5-13)22(3,19)20/h4-7,10H,8-9H2,1-3H3,(H,16,18). The molecule has 2 aromatic rings. The Balaban J connectivity index is 1.85. The van der Waals surface area contributed by atoms with E-state index < -0.39 is 9.84 Å². The highest BCUT2D eigenvalue weighted by molar-refractivity contribution is 7.90. The Morgan fingerprint density at radius 2 is 1.86 bits per heavy atom. The number of hydrogen-bond donors (Lipinski definition) is 1. The highest BCUT2D eigenvalue weighted by Crippen LogP contribution is 2.15. The number of nitrogens with one attached hydrogen (secondary N) is 1. The molecule has 0 unspecified atom stereocenters. The summed E-state index contributed by atoms with van der Waals surface area (Å²) in [5.74, 6) is 1.37. The summed E-state index contributed by atoms with van der Waals surface area (Å²) < 4.78 is 28.3. The normalized spacial score (nSPS) is 11.2. The summed E-state index contributed by atoms with van der Waals surface area (Å²) in [5, 5.41) is 3.17. The van der Waals surface area contributed by atoms with Gasteiger partial charge in [-0.05, 0) is 38.1 Å². The zero-order chi connectivity index (χ0) is 16.2. The molecular formula is C15H19N3O3S. The molecule has 0 aliphatic heterocycles. The van der Waals surface area contributed by atoms with Gasteiger partial charge in [0, 0.05) is 12.5 Å². The van der Waals surface area contributed by atoms with Gasteiger partial charge in [-0.15, -0.1) is 0 Å². The van der Waals surface area contributed by atoms with E-state index >= 15 is 0 Å². The van der Waals surface area contributed by atoms with Gasteiger partial charge in [-0.2, -0.15) is 0 Å². The number of anilines is 1. The number of hydrogen-bond acceptors (Lipinski definition) is 6. The van der Waals surface area contributed by atoms with Gasteiger partial charge in [-0.1, -0.05) is 0 Å². The van der Waals surface area contributed by atoms with Crippen LogP contribution in [0.4, 0.5) is 5.82 Å². The predicted molar refractivity (Wildman–Crippen MR) is 85.0 cm³/mol. The van der Waals surface area contributed by atoms with Gasteiger partial charge in [-0.3, -0.25) is 4.98 Å². The van der Waals surface area contributed by atoms with Crippen molar-refractivity contribution in [3.8, 4) is 5.75 Å². The fourth-order valence-corrected chi connectivity index (χ4v) is 2.46. The van der Waals surface area contributed by atoms with Crippen LogP contribution in [0, 0.1) is 13.8 Å². The zero-order valence-electron chi connectivity index (χ0n) is 12.8. The van der Waals surface area contributed by atoms with Gasteiger partial charge >= 0.3 is 0 Å². The predicted octanol–water partition coefficient (Wildman–Crippen LogP) is 1.99. The van der Waals surface area contributed by atoms with Crippen LogP contribution in [-0.4, -0.2) is 37.8 Å². The monoisotopic (exact) mass is 321 g/mol. The molecule has 118 valence electrons. The Morgan fingerprint density at radius 3 is 2.50 bits per heavy atom. The molecule has 0 aliphatic carbocycles. The van der Waals surface area contributed by atoms with Gasteiger partial charge < -0.3 is 10.1 Å². The first-order valence-corrected chi connectivity index (χ1v) is 8.72. The number of rotatable bonds is 6. The average molecular weight is 321 g/mol. The van der Waals surface area contributed by atoms with E-state index in [-0.39, 0.29) is 4.90 Å². The highest BCUT2D eigenvalue weighted by atomic mass is 32.2. The summed E-state index contributed by atoms with van der Waals surface area (Å²) >= 11 is 0. The van der Waals surface area contributed by atoms with Crippen LogP contribution in [0.5, 0.6) is 5.75 Å². The third-order valence-electron chi connectivity index (χ3n) is 2.99. The number of nitrogens with zero attached hydrogens (tertiary/aromatic N) is 2. The zero-order valence-corrected chi connectivity index (χ0v) is 13.6. The molecule has 1 N–H and O–H groups in total. The summed E-state index contributed by atoms with van der Waals surface area (Å²) in [7, 11) is -3.17. The van der Waals surface area contributed by atoms with E-state index in [2.05, 4.69) is 15.3 Å². The number of sulfone groups is 1. The molecule has 0 fully saturated rings. The first-order chi connectivity index (χ1) is 10.4. The molecule has 0 aliphatic rings. The second-order valence-electron chi connectivity index (χ2n) is 4.96. The van der Waals surface area contributed by atoms with Crippen molar-refractivity contribution in [1.29, 1.82) is 0 Å². The summed E-state index contributed by atoms with van der Waals surface area (Å²) in [6.07, 6.45) is 2.90. The van der Waals surface area contributed by atoms with Crippen molar-refractivity contribution in [2.45, 2.75) is 18.7 Å². The highest BCUT2D eigenvalue weighted by Gasteiger charge is 2.06. The van der Waals surface area contributed by atoms with Gasteiger partial charge in [0.15, 0.2) is 9.84 Å². The van der Waals surface area contributed by atoms with Crippen LogP contribution in [0.1, 0.15) is 11.4 Å². The van der Waals surface area contributed by atoms with E-state index in [0.717, 1.165) is 17.2 Å². The van der Waals surface area contributed by atoms with Crippen molar-refractivity contribution in [1.82, 2.24) is 9.97 Å². The molecule has 1 heterocycles.